The van der Waals surface area contributed by atoms with E-state index in [1.807, 2.05) is 0 Å². The molecule has 1 unspecified atom stereocenters. The maximum Gasteiger partial charge on any atom is 0.341 e. The van der Waals surface area contributed by atoms with Gasteiger partial charge in [0.1, 0.15) is 0 Å². The van der Waals surface area contributed by atoms with Crippen LogP contribution in [-0.4, -0.2) is 45.1 Å². The monoisotopic (exact) mass is 323 g/mol. The third-order valence-corrected chi connectivity index (χ3v) is 4.37. The molecule has 1 atom stereocenters. The number of para-hydroxylation sites is 1. The van der Waals surface area contributed by atoms with E-state index in [-0.39, 0.29) is 12.2 Å². The highest BCUT2D eigenvalue weighted by atomic mass is 32.2. The highest BCUT2D eigenvalue weighted by Crippen LogP contribution is 2.26. The third-order valence-electron chi connectivity index (χ3n) is 2.93. The van der Waals surface area contributed by atoms with Crippen molar-refractivity contribution in [1.29, 1.82) is 0 Å². The Bertz CT molecular complexity index is 561. The molecule has 0 bridgehead atoms. The van der Waals surface area contributed by atoms with Gasteiger partial charge in [-0.25, -0.2) is 8.42 Å². The largest absolute Gasteiger partial charge is 0.388 e. The lowest BCUT2D eigenvalue weighted by Crippen LogP contribution is -2.35. The number of hydrogen-bond donors (Lipinski definition) is 2. The van der Waals surface area contributed by atoms with Gasteiger partial charge in [-0.05, 0) is 19.1 Å². The molecule has 0 aliphatic carbocycles. The van der Waals surface area contributed by atoms with E-state index in [1.165, 1.54) is 25.3 Å². The molecule has 0 radical (unpaired) electrons. The maximum atomic E-state index is 12.6. The zero-order valence-corrected chi connectivity index (χ0v) is 12.7. The summed E-state index contributed by atoms with van der Waals surface area (Å²) in [7, 11) is -3.20. The molecule has 0 heterocycles. The Kier molecular flexibility index (Phi) is 6.06. The van der Waals surface area contributed by atoms with E-state index in [2.05, 4.69) is 5.32 Å². The first kappa shape index (κ1) is 17.8. The zero-order chi connectivity index (χ0) is 16.1. The molecule has 2 N–H and O–H groups in total. The quantitative estimate of drug-likeness (QED) is 0.764. The van der Waals surface area contributed by atoms with Gasteiger partial charge in [0.2, 0.25) is 9.84 Å². The van der Waals surface area contributed by atoms with Gasteiger partial charge < -0.3 is 15.2 Å². The van der Waals surface area contributed by atoms with Crippen LogP contribution >= 0.6 is 0 Å². The number of anilines is 1. The van der Waals surface area contributed by atoms with Crippen molar-refractivity contribution >= 4 is 15.5 Å². The second kappa shape index (κ2) is 7.15. The number of rotatable bonds is 8. The molecular weight excluding hydrogens is 304 g/mol. The first-order valence-corrected chi connectivity index (χ1v) is 7.81. The van der Waals surface area contributed by atoms with Crippen molar-refractivity contribution in [3.05, 3.63) is 24.3 Å². The van der Waals surface area contributed by atoms with Crippen LogP contribution < -0.4 is 5.32 Å². The molecule has 1 aromatic rings. The average molecular weight is 323 g/mol. The van der Waals surface area contributed by atoms with Gasteiger partial charge in [0.05, 0.1) is 16.2 Å². The number of ether oxygens (including phenoxy) is 1. The van der Waals surface area contributed by atoms with Crippen LogP contribution in [0.4, 0.5) is 14.5 Å². The van der Waals surface area contributed by atoms with Crippen LogP contribution in [0, 0.1) is 0 Å². The summed E-state index contributed by atoms with van der Waals surface area (Å²) in [6.45, 7) is 1.88. The van der Waals surface area contributed by atoms with E-state index in [0.29, 0.717) is 13.0 Å². The summed E-state index contributed by atoms with van der Waals surface area (Å²) in [5.41, 5.74) is -1.12. The lowest BCUT2D eigenvalue weighted by atomic mass is 10.0. The third kappa shape index (κ3) is 4.90. The number of halogens is 2. The first-order chi connectivity index (χ1) is 9.70. The highest BCUT2D eigenvalue weighted by molar-refractivity contribution is 7.91. The molecule has 0 aliphatic rings. The SMILES string of the molecule is COCCC(C)(O)CNc1ccccc1S(=O)(=O)C(F)F. The van der Waals surface area contributed by atoms with Crippen LogP contribution in [0.5, 0.6) is 0 Å². The van der Waals surface area contributed by atoms with Crippen LogP contribution in [0.2, 0.25) is 0 Å². The van der Waals surface area contributed by atoms with Gasteiger partial charge >= 0.3 is 5.76 Å². The van der Waals surface area contributed by atoms with Gasteiger partial charge in [0.15, 0.2) is 0 Å². The zero-order valence-electron chi connectivity index (χ0n) is 11.8. The predicted molar refractivity (Wildman–Crippen MR) is 75.2 cm³/mol. The van der Waals surface area contributed by atoms with Crippen molar-refractivity contribution in [1.82, 2.24) is 0 Å². The Morgan fingerprint density at radius 2 is 2.00 bits per heavy atom. The Hall–Kier alpha value is -1.25. The van der Waals surface area contributed by atoms with Crippen LogP contribution in [0.15, 0.2) is 29.2 Å². The topological polar surface area (TPSA) is 75.6 Å². The average Bonchev–Trinajstić information content (AvgIpc) is 2.43. The van der Waals surface area contributed by atoms with Crippen molar-refractivity contribution in [3.8, 4) is 0 Å². The number of aliphatic hydroxyl groups is 1. The van der Waals surface area contributed by atoms with Gasteiger partial charge in [0.25, 0.3) is 0 Å². The number of benzene rings is 1. The molecule has 21 heavy (non-hydrogen) atoms. The van der Waals surface area contributed by atoms with Crippen LogP contribution in [0.25, 0.3) is 0 Å². The van der Waals surface area contributed by atoms with Gasteiger partial charge in [-0.1, -0.05) is 12.1 Å². The highest BCUT2D eigenvalue weighted by Gasteiger charge is 2.29. The number of alkyl halides is 2. The van der Waals surface area contributed by atoms with E-state index in [1.54, 1.807) is 6.92 Å². The molecule has 0 fully saturated rings. The first-order valence-electron chi connectivity index (χ1n) is 6.27. The fraction of sp³-hybridized carbons (Fsp3) is 0.538. The fourth-order valence-electron chi connectivity index (χ4n) is 1.65. The fourth-order valence-corrected chi connectivity index (χ4v) is 2.56. The molecule has 0 saturated carbocycles. The second-order valence-corrected chi connectivity index (χ2v) is 6.78. The summed E-state index contributed by atoms with van der Waals surface area (Å²) in [6.07, 6.45) is 0.320. The van der Waals surface area contributed by atoms with E-state index in [4.69, 9.17) is 4.74 Å². The summed E-state index contributed by atoms with van der Waals surface area (Å²) < 4.78 is 53.3. The summed E-state index contributed by atoms with van der Waals surface area (Å²) in [5.74, 6) is -3.49. The second-order valence-electron chi connectivity index (χ2n) is 4.90. The summed E-state index contributed by atoms with van der Waals surface area (Å²) in [4.78, 5) is -0.484. The van der Waals surface area contributed by atoms with E-state index in [9.17, 15) is 22.3 Å². The van der Waals surface area contributed by atoms with Crippen molar-refractivity contribution in [2.24, 2.45) is 0 Å². The number of sulfone groups is 1. The van der Waals surface area contributed by atoms with Crippen molar-refractivity contribution in [2.45, 2.75) is 29.6 Å². The number of nitrogens with one attached hydrogen (secondary N) is 1. The molecule has 0 aliphatic heterocycles. The molecule has 0 amide bonds. The smallest absolute Gasteiger partial charge is 0.341 e. The molecule has 1 aromatic carbocycles. The molecule has 8 heteroatoms. The summed E-state index contributed by atoms with van der Waals surface area (Å²) in [5, 5.41) is 12.8. The van der Waals surface area contributed by atoms with Crippen molar-refractivity contribution in [3.63, 3.8) is 0 Å². The maximum absolute atomic E-state index is 12.6. The molecular formula is C13H19F2NO4S. The van der Waals surface area contributed by atoms with E-state index in [0.717, 1.165) is 6.07 Å². The van der Waals surface area contributed by atoms with Crippen molar-refractivity contribution in [2.75, 3.05) is 25.6 Å². The van der Waals surface area contributed by atoms with Gasteiger partial charge in [-0.15, -0.1) is 0 Å². The molecule has 0 spiro atoms. The van der Waals surface area contributed by atoms with Gasteiger partial charge in [-0.3, -0.25) is 0 Å². The summed E-state index contributed by atoms with van der Waals surface area (Å²) in [6, 6.07) is 5.37. The van der Waals surface area contributed by atoms with Crippen LogP contribution in [0.1, 0.15) is 13.3 Å². The molecule has 0 saturated heterocycles. The van der Waals surface area contributed by atoms with Crippen LogP contribution in [0.3, 0.4) is 0 Å². The molecule has 5 nitrogen and oxygen atoms in total. The Morgan fingerprint density at radius 1 is 1.38 bits per heavy atom. The lowest BCUT2D eigenvalue weighted by molar-refractivity contribution is 0.0357. The normalized spacial score (nSPS) is 15.0. The number of hydrogen-bond acceptors (Lipinski definition) is 5. The lowest BCUT2D eigenvalue weighted by Gasteiger charge is -2.24. The van der Waals surface area contributed by atoms with Crippen LogP contribution in [-0.2, 0) is 14.6 Å². The van der Waals surface area contributed by atoms with Gasteiger partial charge in [0, 0.05) is 26.7 Å². The van der Waals surface area contributed by atoms with E-state index >= 15 is 0 Å². The number of methoxy groups -OCH3 is 1. The molecule has 120 valence electrons. The molecule has 0 aromatic heterocycles. The minimum atomic E-state index is -4.69. The molecule has 1 rings (SSSR count). The standard InChI is InChI=1S/C13H19F2NO4S/c1-13(17,7-8-20-2)9-16-10-5-3-4-6-11(10)21(18,19)12(14)15/h3-6,12,16-17H,7-9H2,1-2H3. The van der Waals surface area contributed by atoms with Gasteiger partial charge in [-0.2, -0.15) is 8.78 Å². The Morgan fingerprint density at radius 3 is 2.57 bits per heavy atom. The van der Waals surface area contributed by atoms with E-state index < -0.39 is 26.1 Å². The minimum absolute atomic E-state index is 0.00608. The Balaban J connectivity index is 2.91. The Labute approximate surface area is 122 Å². The van der Waals surface area contributed by atoms with Crippen molar-refractivity contribution < 1.29 is 27.0 Å². The summed E-state index contributed by atoms with van der Waals surface area (Å²) >= 11 is 0. The predicted octanol–water partition coefficient (Wildman–Crippen LogP) is 1.88. The minimum Gasteiger partial charge on any atom is -0.388 e.